The van der Waals surface area contributed by atoms with Crippen molar-refractivity contribution in [3.63, 3.8) is 0 Å². The molecule has 2 aromatic rings. The van der Waals surface area contributed by atoms with Gasteiger partial charge in [-0.1, -0.05) is 0 Å². The van der Waals surface area contributed by atoms with E-state index in [4.69, 9.17) is 24.3 Å². The quantitative estimate of drug-likeness (QED) is 0.344. The number of nitrogen functional groups attached to an aromatic ring is 1. The normalized spacial score (nSPS) is 14.8. The molecular formula is C15H24N5O7P. The Kier molecular flexibility index (Phi) is 7.69. The van der Waals surface area contributed by atoms with Crippen LogP contribution in [0.3, 0.4) is 0 Å². The molecule has 0 unspecified atom stereocenters. The maximum absolute atomic E-state index is 12.5. The Morgan fingerprint density at radius 3 is 2.71 bits per heavy atom. The van der Waals surface area contributed by atoms with Crippen molar-refractivity contribution in [1.29, 1.82) is 0 Å². The zero-order valence-electron chi connectivity index (χ0n) is 16.1. The summed E-state index contributed by atoms with van der Waals surface area (Å²) in [5.74, 6) is 0.283. The fourth-order valence-electron chi connectivity index (χ4n) is 2.10. The highest BCUT2D eigenvalue weighted by Crippen LogP contribution is 2.47. The van der Waals surface area contributed by atoms with E-state index in [9.17, 15) is 9.36 Å². The number of anilines is 1. The molecule has 2 heterocycles. The number of carbonyl (C=O) groups excluding carboxylic acids is 1. The Hall–Kier alpha value is -2.27. The standard InChI is InChI=1S/C15H24N5O7P/c1-10(2)27-15(21)24-8-26-28(22,23-4)9-25-11(3)5-20-7-19-12-13(16)17-6-18-14(12)20/h6-7,10-11H,5,8-9H2,1-4H3,(H2,16,17,18)/t11-,28-/m1/s1. The Morgan fingerprint density at radius 2 is 2.04 bits per heavy atom. The van der Waals surface area contributed by atoms with Gasteiger partial charge in [-0.25, -0.2) is 19.7 Å². The van der Waals surface area contributed by atoms with Gasteiger partial charge in [-0.15, -0.1) is 0 Å². The maximum Gasteiger partial charge on any atom is 0.510 e. The highest BCUT2D eigenvalue weighted by Gasteiger charge is 2.26. The summed E-state index contributed by atoms with van der Waals surface area (Å²) in [5.41, 5.74) is 6.81. The molecule has 13 heteroatoms. The molecule has 0 aliphatic rings. The first-order chi connectivity index (χ1) is 13.2. The molecule has 0 bridgehead atoms. The van der Waals surface area contributed by atoms with Crippen LogP contribution in [0.2, 0.25) is 0 Å². The van der Waals surface area contributed by atoms with Gasteiger partial charge in [-0.2, -0.15) is 0 Å². The monoisotopic (exact) mass is 417 g/mol. The van der Waals surface area contributed by atoms with Crippen LogP contribution in [0.15, 0.2) is 12.7 Å². The first-order valence-electron chi connectivity index (χ1n) is 8.39. The first kappa shape index (κ1) is 22.0. The number of aromatic nitrogens is 4. The summed E-state index contributed by atoms with van der Waals surface area (Å²) in [6.45, 7) is 4.89. The number of fused-ring (bicyclic) bond motifs is 1. The van der Waals surface area contributed by atoms with E-state index in [-0.39, 0.29) is 24.4 Å². The average Bonchev–Trinajstić information content (AvgIpc) is 3.04. The van der Waals surface area contributed by atoms with E-state index < -0.39 is 20.5 Å². The minimum absolute atomic E-state index is 0.283. The summed E-state index contributed by atoms with van der Waals surface area (Å²) >= 11 is 0. The number of ether oxygens (including phenoxy) is 3. The fourth-order valence-corrected chi connectivity index (χ4v) is 3.04. The minimum atomic E-state index is -3.62. The molecule has 0 aliphatic heterocycles. The summed E-state index contributed by atoms with van der Waals surface area (Å²) in [4.78, 5) is 23.5. The van der Waals surface area contributed by atoms with Crippen molar-refractivity contribution < 1.29 is 32.6 Å². The molecule has 2 rings (SSSR count). The molecule has 2 N–H and O–H groups in total. The van der Waals surface area contributed by atoms with Gasteiger partial charge in [0, 0.05) is 7.11 Å². The van der Waals surface area contributed by atoms with Crippen molar-refractivity contribution in [3.8, 4) is 0 Å². The smallest absolute Gasteiger partial charge is 0.432 e. The van der Waals surface area contributed by atoms with Crippen LogP contribution in [0.4, 0.5) is 10.6 Å². The molecule has 0 fully saturated rings. The van der Waals surface area contributed by atoms with E-state index in [0.29, 0.717) is 17.7 Å². The first-order valence-corrected chi connectivity index (χ1v) is 10.1. The van der Waals surface area contributed by atoms with E-state index in [2.05, 4.69) is 19.7 Å². The van der Waals surface area contributed by atoms with Crippen LogP contribution in [-0.2, 0) is 34.4 Å². The topological polar surface area (TPSA) is 150 Å². The Morgan fingerprint density at radius 1 is 1.29 bits per heavy atom. The third kappa shape index (κ3) is 6.13. The summed E-state index contributed by atoms with van der Waals surface area (Å²) in [6.07, 6.45) is 0.921. The van der Waals surface area contributed by atoms with Crippen LogP contribution < -0.4 is 5.73 Å². The molecule has 0 aliphatic carbocycles. The predicted octanol–water partition coefficient (Wildman–Crippen LogP) is 2.15. The molecule has 0 spiro atoms. The Balaban J connectivity index is 1.85. The van der Waals surface area contributed by atoms with Gasteiger partial charge in [-0.3, -0.25) is 9.09 Å². The van der Waals surface area contributed by atoms with Gasteiger partial charge in [0.25, 0.3) is 0 Å². The molecule has 0 radical (unpaired) electrons. The second kappa shape index (κ2) is 9.78. The number of hydrogen-bond donors (Lipinski definition) is 1. The molecule has 12 nitrogen and oxygen atoms in total. The average molecular weight is 417 g/mol. The van der Waals surface area contributed by atoms with Gasteiger partial charge in [0.15, 0.2) is 11.5 Å². The lowest BCUT2D eigenvalue weighted by atomic mass is 10.4. The maximum atomic E-state index is 12.5. The number of rotatable bonds is 10. The van der Waals surface area contributed by atoms with Crippen molar-refractivity contribution in [2.24, 2.45) is 0 Å². The van der Waals surface area contributed by atoms with E-state index in [0.717, 1.165) is 0 Å². The second-order valence-corrected chi connectivity index (χ2v) is 8.14. The van der Waals surface area contributed by atoms with Crippen LogP contribution in [0.25, 0.3) is 11.2 Å². The zero-order valence-corrected chi connectivity index (χ0v) is 17.0. The fraction of sp³-hybridized carbons (Fsp3) is 0.600. The summed E-state index contributed by atoms with van der Waals surface area (Å²) in [5, 5.41) is 0. The SMILES string of the molecule is CO[P@](=O)(CO[C@H](C)Cn1cnc2c(N)ncnc21)OCOC(=O)OC(C)C. The molecular weight excluding hydrogens is 393 g/mol. The Labute approximate surface area is 161 Å². The van der Waals surface area contributed by atoms with Gasteiger partial charge in [0.1, 0.15) is 18.2 Å². The molecule has 156 valence electrons. The van der Waals surface area contributed by atoms with Gasteiger partial charge in [-0.05, 0) is 20.8 Å². The van der Waals surface area contributed by atoms with E-state index >= 15 is 0 Å². The van der Waals surface area contributed by atoms with Crippen molar-refractivity contribution >= 4 is 30.7 Å². The molecule has 0 saturated heterocycles. The number of nitrogens with zero attached hydrogens (tertiary/aromatic N) is 4. The van der Waals surface area contributed by atoms with Crippen LogP contribution in [0.1, 0.15) is 20.8 Å². The van der Waals surface area contributed by atoms with Gasteiger partial charge in [0.2, 0.25) is 6.79 Å². The van der Waals surface area contributed by atoms with Crippen molar-refractivity contribution in [2.75, 3.05) is 26.0 Å². The van der Waals surface area contributed by atoms with Gasteiger partial charge < -0.3 is 29.0 Å². The highest BCUT2D eigenvalue weighted by molar-refractivity contribution is 7.53. The number of hydrogen-bond acceptors (Lipinski definition) is 11. The lowest BCUT2D eigenvalue weighted by molar-refractivity contribution is -0.0167. The van der Waals surface area contributed by atoms with Crippen LogP contribution in [-0.4, -0.2) is 58.1 Å². The molecule has 0 saturated carbocycles. The van der Waals surface area contributed by atoms with Gasteiger partial charge in [0.05, 0.1) is 25.1 Å². The van der Waals surface area contributed by atoms with Crippen LogP contribution in [0.5, 0.6) is 0 Å². The molecule has 2 aromatic heterocycles. The Bertz CT molecular complexity index is 843. The third-order valence-corrected chi connectivity index (χ3v) is 4.96. The molecule has 0 amide bonds. The van der Waals surface area contributed by atoms with E-state index in [1.165, 1.54) is 13.4 Å². The summed E-state index contributed by atoms with van der Waals surface area (Å²) in [6, 6.07) is 0. The lowest BCUT2D eigenvalue weighted by Crippen LogP contribution is -2.19. The zero-order chi connectivity index (χ0) is 20.7. The van der Waals surface area contributed by atoms with E-state index in [1.807, 2.05) is 0 Å². The van der Waals surface area contributed by atoms with Crippen molar-refractivity contribution in [2.45, 2.75) is 39.5 Å². The third-order valence-electron chi connectivity index (χ3n) is 3.44. The number of imidazole rings is 1. The van der Waals surface area contributed by atoms with E-state index in [1.54, 1.807) is 31.7 Å². The lowest BCUT2D eigenvalue weighted by Gasteiger charge is -2.19. The highest BCUT2D eigenvalue weighted by atomic mass is 31.2. The summed E-state index contributed by atoms with van der Waals surface area (Å²) in [7, 11) is -2.40. The largest absolute Gasteiger partial charge is 0.510 e. The summed E-state index contributed by atoms with van der Waals surface area (Å²) < 4.78 is 39.2. The van der Waals surface area contributed by atoms with Crippen molar-refractivity contribution in [1.82, 2.24) is 19.5 Å². The molecule has 28 heavy (non-hydrogen) atoms. The van der Waals surface area contributed by atoms with Crippen LogP contribution in [0, 0.1) is 0 Å². The number of nitrogens with two attached hydrogens (primary N) is 1. The van der Waals surface area contributed by atoms with Gasteiger partial charge >= 0.3 is 13.8 Å². The second-order valence-electron chi connectivity index (χ2n) is 6.04. The van der Waals surface area contributed by atoms with Crippen molar-refractivity contribution in [3.05, 3.63) is 12.7 Å². The minimum Gasteiger partial charge on any atom is -0.432 e. The predicted molar refractivity (Wildman–Crippen MR) is 98.4 cm³/mol. The molecule has 0 aromatic carbocycles. The molecule has 2 atom stereocenters. The number of carbonyl (C=O) groups is 1. The van der Waals surface area contributed by atoms with Crippen LogP contribution >= 0.6 is 7.60 Å².